The third-order valence-electron chi connectivity index (χ3n) is 3.93. The summed E-state index contributed by atoms with van der Waals surface area (Å²) in [5, 5.41) is 11.3. The van der Waals surface area contributed by atoms with Crippen molar-refractivity contribution in [3.8, 4) is 34.1 Å². The minimum Gasteiger partial charge on any atom is -0.504 e. The van der Waals surface area contributed by atoms with E-state index in [0.717, 1.165) is 0 Å². The standard InChI is InChI=1S/C14H14O5.C6H4/c1-8(15)19-12-10-7-5-4-6-9(10)11(16)13(17-2)14(12)18-3;1-2-6-4-3-5(1)6/h4-7,16H,1-3H3;1-4H. The fraction of sp³-hybridized carbons (Fsp3) is 0.150. The van der Waals surface area contributed by atoms with Crippen LogP contribution < -0.4 is 14.2 Å². The lowest BCUT2D eigenvalue weighted by Gasteiger charge is -2.16. The first-order valence-corrected chi connectivity index (χ1v) is 7.71. The molecule has 4 rings (SSSR count). The number of aromatic hydroxyl groups is 1. The lowest BCUT2D eigenvalue weighted by atomic mass is 9.95. The second-order valence-electron chi connectivity index (χ2n) is 5.46. The number of ether oxygens (including phenoxy) is 3. The number of hydrogen-bond acceptors (Lipinski definition) is 5. The van der Waals surface area contributed by atoms with Gasteiger partial charge in [0.15, 0.2) is 11.5 Å². The van der Waals surface area contributed by atoms with Crippen LogP contribution in [0.1, 0.15) is 6.92 Å². The molecular weight excluding hydrogens is 320 g/mol. The van der Waals surface area contributed by atoms with Gasteiger partial charge in [0, 0.05) is 17.7 Å². The molecule has 2 aromatic carbocycles. The molecule has 0 amide bonds. The molecule has 0 aromatic heterocycles. The van der Waals surface area contributed by atoms with E-state index in [1.54, 1.807) is 24.3 Å². The maximum atomic E-state index is 11.2. The van der Waals surface area contributed by atoms with Crippen LogP contribution in [0, 0.1) is 0 Å². The van der Waals surface area contributed by atoms with Crippen molar-refractivity contribution in [2.24, 2.45) is 0 Å². The molecule has 0 spiro atoms. The molecular formula is C20H18O5. The van der Waals surface area contributed by atoms with Crippen molar-refractivity contribution in [1.29, 1.82) is 0 Å². The number of carbonyl (C=O) groups excluding carboxylic acids is 1. The van der Waals surface area contributed by atoms with E-state index in [1.807, 2.05) is 0 Å². The quantitative estimate of drug-likeness (QED) is 0.449. The summed E-state index contributed by atoms with van der Waals surface area (Å²) in [4.78, 5) is 11.2. The van der Waals surface area contributed by atoms with Crippen molar-refractivity contribution in [1.82, 2.24) is 0 Å². The zero-order valence-corrected chi connectivity index (χ0v) is 14.2. The Morgan fingerprint density at radius 1 is 0.800 bits per heavy atom. The number of methoxy groups -OCH3 is 2. The van der Waals surface area contributed by atoms with Crippen molar-refractivity contribution in [3.63, 3.8) is 0 Å². The Bertz CT molecular complexity index is 908. The highest BCUT2D eigenvalue weighted by Gasteiger charge is 2.22. The second kappa shape index (κ2) is 6.73. The summed E-state index contributed by atoms with van der Waals surface area (Å²) in [6.07, 6.45) is 0. The predicted octanol–water partition coefficient (Wildman–Crippen LogP) is 4.15. The molecule has 128 valence electrons. The number of phenols is 1. The first-order valence-electron chi connectivity index (χ1n) is 7.71. The number of hydrogen-bond donors (Lipinski definition) is 1. The maximum absolute atomic E-state index is 11.2. The average molecular weight is 338 g/mol. The Labute approximate surface area is 145 Å². The molecule has 0 saturated heterocycles. The molecule has 0 unspecified atom stereocenters. The molecule has 0 aliphatic heterocycles. The van der Waals surface area contributed by atoms with Gasteiger partial charge in [0.2, 0.25) is 11.5 Å². The van der Waals surface area contributed by atoms with Gasteiger partial charge in [-0.1, -0.05) is 48.5 Å². The molecule has 0 bridgehead atoms. The molecule has 2 aliphatic carbocycles. The first-order chi connectivity index (χ1) is 12.1. The van der Waals surface area contributed by atoms with Crippen molar-refractivity contribution in [3.05, 3.63) is 48.5 Å². The third kappa shape index (κ3) is 2.96. The predicted molar refractivity (Wildman–Crippen MR) is 95.5 cm³/mol. The van der Waals surface area contributed by atoms with Gasteiger partial charge < -0.3 is 19.3 Å². The van der Waals surface area contributed by atoms with Crippen LogP contribution in [0.3, 0.4) is 0 Å². The molecule has 5 heteroatoms. The number of benzene rings is 3. The van der Waals surface area contributed by atoms with Crippen LogP contribution in [0.5, 0.6) is 23.0 Å². The summed E-state index contributed by atoms with van der Waals surface area (Å²) in [5.74, 6) is 0.0358. The van der Waals surface area contributed by atoms with Gasteiger partial charge in [-0.15, -0.1) is 0 Å². The van der Waals surface area contributed by atoms with Crippen LogP contribution >= 0.6 is 0 Å². The number of rotatable bonds is 3. The molecule has 0 fully saturated rings. The average Bonchev–Trinajstić information content (AvgIpc) is 2.60. The van der Waals surface area contributed by atoms with Gasteiger partial charge in [-0.25, -0.2) is 0 Å². The number of carbonyl (C=O) groups is 1. The Morgan fingerprint density at radius 3 is 1.72 bits per heavy atom. The highest BCUT2D eigenvalue weighted by atomic mass is 16.6. The van der Waals surface area contributed by atoms with E-state index in [9.17, 15) is 9.90 Å². The Hall–Kier alpha value is -3.21. The molecule has 2 aliphatic rings. The van der Waals surface area contributed by atoms with Gasteiger partial charge in [0.1, 0.15) is 0 Å². The third-order valence-corrected chi connectivity index (χ3v) is 3.93. The Kier molecular flexibility index (Phi) is 4.48. The van der Waals surface area contributed by atoms with Crippen LogP contribution in [0.15, 0.2) is 48.5 Å². The van der Waals surface area contributed by atoms with E-state index >= 15 is 0 Å². The van der Waals surface area contributed by atoms with Crippen molar-refractivity contribution >= 4 is 16.7 Å². The van der Waals surface area contributed by atoms with Crippen LogP contribution in [-0.4, -0.2) is 25.3 Å². The van der Waals surface area contributed by atoms with Gasteiger partial charge in [-0.05, 0) is 11.1 Å². The van der Waals surface area contributed by atoms with Gasteiger partial charge in [0.25, 0.3) is 0 Å². The molecule has 0 saturated carbocycles. The monoisotopic (exact) mass is 338 g/mol. The summed E-state index contributed by atoms with van der Waals surface area (Å²) >= 11 is 0. The van der Waals surface area contributed by atoms with Crippen molar-refractivity contribution < 1.29 is 24.1 Å². The van der Waals surface area contributed by atoms with E-state index in [-0.39, 0.29) is 23.0 Å². The van der Waals surface area contributed by atoms with Crippen LogP contribution in [0.2, 0.25) is 0 Å². The Balaban J connectivity index is 0.000000250. The summed E-state index contributed by atoms with van der Waals surface area (Å²) in [7, 11) is 2.82. The minimum atomic E-state index is -0.476. The van der Waals surface area contributed by atoms with Crippen LogP contribution in [0.4, 0.5) is 0 Å². The second-order valence-corrected chi connectivity index (χ2v) is 5.46. The minimum absolute atomic E-state index is 0.0501. The van der Waals surface area contributed by atoms with E-state index in [4.69, 9.17) is 14.2 Å². The fourth-order valence-corrected chi connectivity index (χ4v) is 2.63. The first kappa shape index (κ1) is 16.6. The molecule has 1 N–H and O–H groups in total. The smallest absolute Gasteiger partial charge is 0.308 e. The van der Waals surface area contributed by atoms with Crippen molar-refractivity contribution in [2.45, 2.75) is 6.92 Å². The lowest BCUT2D eigenvalue weighted by Crippen LogP contribution is -2.05. The Morgan fingerprint density at radius 2 is 1.32 bits per heavy atom. The lowest BCUT2D eigenvalue weighted by molar-refractivity contribution is -0.131. The fourth-order valence-electron chi connectivity index (χ4n) is 2.63. The van der Waals surface area contributed by atoms with Gasteiger partial charge >= 0.3 is 5.97 Å². The SMILES string of the molecule is COc1c(OC)c(OC(C)=O)c2ccccc2c1O.c1cc2ccc1-2. The topological polar surface area (TPSA) is 65.0 Å². The van der Waals surface area contributed by atoms with Gasteiger partial charge in [-0.3, -0.25) is 4.79 Å². The summed E-state index contributed by atoms with van der Waals surface area (Å²) in [6, 6.07) is 15.5. The maximum Gasteiger partial charge on any atom is 0.308 e. The summed E-state index contributed by atoms with van der Waals surface area (Å²) in [5.41, 5.74) is 2.85. The summed E-state index contributed by atoms with van der Waals surface area (Å²) in [6.45, 7) is 1.30. The molecule has 5 nitrogen and oxygen atoms in total. The number of esters is 1. The molecule has 0 atom stereocenters. The van der Waals surface area contributed by atoms with Gasteiger partial charge in [-0.2, -0.15) is 0 Å². The zero-order chi connectivity index (χ0) is 18.0. The molecule has 0 radical (unpaired) electrons. The van der Waals surface area contributed by atoms with E-state index in [1.165, 1.54) is 32.3 Å². The largest absolute Gasteiger partial charge is 0.504 e. The van der Waals surface area contributed by atoms with Crippen molar-refractivity contribution in [2.75, 3.05) is 14.2 Å². The van der Waals surface area contributed by atoms with Gasteiger partial charge in [0.05, 0.1) is 14.2 Å². The highest BCUT2D eigenvalue weighted by Crippen LogP contribution is 2.50. The molecule has 0 heterocycles. The van der Waals surface area contributed by atoms with Crippen LogP contribution in [-0.2, 0) is 4.79 Å². The molecule has 2 aromatic rings. The van der Waals surface area contributed by atoms with Crippen LogP contribution in [0.25, 0.3) is 21.9 Å². The zero-order valence-electron chi connectivity index (χ0n) is 14.2. The van der Waals surface area contributed by atoms with E-state index in [2.05, 4.69) is 24.3 Å². The molecule has 25 heavy (non-hydrogen) atoms. The van der Waals surface area contributed by atoms with E-state index < -0.39 is 5.97 Å². The summed E-state index contributed by atoms with van der Waals surface area (Å²) < 4.78 is 15.5. The normalized spacial score (nSPS) is 10.5. The number of phenolic OH excluding ortho intramolecular Hbond substituents is 1. The van der Waals surface area contributed by atoms with E-state index in [0.29, 0.717) is 10.8 Å². The number of fused-ring (bicyclic) bond motifs is 2. The highest BCUT2D eigenvalue weighted by molar-refractivity contribution is 5.99.